The Balaban J connectivity index is 2.49. The van der Waals surface area contributed by atoms with E-state index >= 15 is 0 Å². The number of methoxy groups -OCH3 is 1. The zero-order chi connectivity index (χ0) is 14.0. The summed E-state index contributed by atoms with van der Waals surface area (Å²) in [6, 6.07) is 7.19. The van der Waals surface area contributed by atoms with Crippen molar-refractivity contribution in [1.82, 2.24) is 4.98 Å². The number of aromatic carboxylic acids is 1. The number of carboxylic acids is 1. The van der Waals surface area contributed by atoms with Crippen LogP contribution in [0.15, 0.2) is 24.3 Å². The Labute approximate surface area is 115 Å². The Morgan fingerprint density at radius 3 is 2.42 bits per heavy atom. The van der Waals surface area contributed by atoms with Gasteiger partial charge in [-0.3, -0.25) is 0 Å². The van der Waals surface area contributed by atoms with Gasteiger partial charge in [-0.1, -0.05) is 11.3 Å². The average molecular weight is 278 g/mol. The monoisotopic (exact) mass is 278 g/mol. The van der Waals surface area contributed by atoms with Gasteiger partial charge >= 0.3 is 5.97 Å². The minimum absolute atomic E-state index is 0.244. The molecule has 100 valence electrons. The fraction of sp³-hybridized carbons (Fsp3) is 0.231. The van der Waals surface area contributed by atoms with Crippen LogP contribution in [0, 0.1) is 0 Å². The molecule has 5 nitrogen and oxygen atoms in total. The zero-order valence-corrected chi connectivity index (χ0v) is 11.7. The maximum atomic E-state index is 11.3. The van der Waals surface area contributed by atoms with Crippen molar-refractivity contribution in [3.8, 4) is 17.0 Å². The molecule has 0 aliphatic heterocycles. The largest absolute Gasteiger partial charge is 0.497 e. The standard InChI is InChI=1S/C13H14N2O3S/c1-15(2)13-14-10(11(19-13)12(16)17)8-4-6-9(18-3)7-5-8/h4-7H,1-3H3,(H,16,17). The summed E-state index contributed by atoms with van der Waals surface area (Å²) in [6.45, 7) is 0. The van der Waals surface area contributed by atoms with E-state index in [1.54, 1.807) is 36.3 Å². The highest BCUT2D eigenvalue weighted by Crippen LogP contribution is 2.33. The molecule has 0 aliphatic rings. The van der Waals surface area contributed by atoms with Crippen LogP contribution in [0.5, 0.6) is 5.75 Å². The molecule has 1 aromatic heterocycles. The topological polar surface area (TPSA) is 62.7 Å². The summed E-state index contributed by atoms with van der Waals surface area (Å²) in [5.74, 6) is -0.236. The van der Waals surface area contributed by atoms with Gasteiger partial charge in [-0.25, -0.2) is 9.78 Å². The first-order valence-corrected chi connectivity index (χ1v) is 6.40. The lowest BCUT2D eigenvalue weighted by molar-refractivity contribution is 0.0702. The second-order valence-corrected chi connectivity index (χ2v) is 5.08. The molecule has 0 bridgehead atoms. The van der Waals surface area contributed by atoms with Gasteiger partial charge < -0.3 is 14.7 Å². The molecular weight excluding hydrogens is 264 g/mol. The molecule has 2 aromatic rings. The average Bonchev–Trinajstić information content (AvgIpc) is 2.84. The van der Waals surface area contributed by atoms with Crippen LogP contribution in [0.3, 0.4) is 0 Å². The molecule has 0 amide bonds. The van der Waals surface area contributed by atoms with Gasteiger partial charge in [-0.15, -0.1) is 0 Å². The molecule has 2 rings (SSSR count). The molecule has 0 aliphatic carbocycles. The highest BCUT2D eigenvalue weighted by Gasteiger charge is 2.19. The van der Waals surface area contributed by atoms with E-state index in [1.165, 1.54) is 0 Å². The quantitative estimate of drug-likeness (QED) is 0.931. The van der Waals surface area contributed by atoms with Gasteiger partial charge in [0.1, 0.15) is 10.6 Å². The second kappa shape index (κ2) is 5.27. The molecule has 0 atom stereocenters. The number of hydrogen-bond acceptors (Lipinski definition) is 5. The summed E-state index contributed by atoms with van der Waals surface area (Å²) in [5.41, 5.74) is 1.26. The SMILES string of the molecule is COc1ccc(-c2nc(N(C)C)sc2C(=O)O)cc1. The number of thiazole rings is 1. The number of hydrogen-bond donors (Lipinski definition) is 1. The van der Waals surface area contributed by atoms with Crippen LogP contribution in [0.4, 0.5) is 5.13 Å². The first-order valence-electron chi connectivity index (χ1n) is 5.58. The smallest absolute Gasteiger partial charge is 0.348 e. The van der Waals surface area contributed by atoms with Crippen molar-refractivity contribution in [1.29, 1.82) is 0 Å². The number of carboxylic acid groups (broad SMARTS) is 1. The first kappa shape index (κ1) is 13.4. The molecule has 0 radical (unpaired) electrons. The number of aromatic nitrogens is 1. The van der Waals surface area contributed by atoms with E-state index in [1.807, 2.05) is 14.1 Å². The van der Waals surface area contributed by atoms with Gasteiger partial charge in [-0.05, 0) is 24.3 Å². The van der Waals surface area contributed by atoms with Crippen molar-refractivity contribution < 1.29 is 14.6 Å². The molecule has 0 saturated heterocycles. The second-order valence-electron chi connectivity index (χ2n) is 4.10. The molecule has 0 saturated carbocycles. The Kier molecular flexibility index (Phi) is 3.71. The number of ether oxygens (including phenoxy) is 1. The van der Waals surface area contributed by atoms with Crippen molar-refractivity contribution in [2.45, 2.75) is 0 Å². The van der Waals surface area contributed by atoms with Crippen LogP contribution in [0.25, 0.3) is 11.3 Å². The van der Waals surface area contributed by atoms with E-state index in [0.717, 1.165) is 22.6 Å². The maximum absolute atomic E-state index is 11.3. The van der Waals surface area contributed by atoms with Gasteiger partial charge in [0.15, 0.2) is 5.13 Å². The first-order chi connectivity index (χ1) is 9.02. The number of benzene rings is 1. The Hall–Kier alpha value is -2.08. The molecule has 0 spiro atoms. The lowest BCUT2D eigenvalue weighted by Crippen LogP contribution is -2.07. The van der Waals surface area contributed by atoms with Crippen molar-refractivity contribution in [3.63, 3.8) is 0 Å². The summed E-state index contributed by atoms with van der Waals surface area (Å²) >= 11 is 1.16. The van der Waals surface area contributed by atoms with Gasteiger partial charge in [0, 0.05) is 19.7 Å². The maximum Gasteiger partial charge on any atom is 0.348 e. The summed E-state index contributed by atoms with van der Waals surface area (Å²) in [5, 5.41) is 9.92. The number of rotatable bonds is 4. The van der Waals surface area contributed by atoms with Crippen LogP contribution in [0.2, 0.25) is 0 Å². The van der Waals surface area contributed by atoms with E-state index in [2.05, 4.69) is 4.98 Å². The number of carbonyl (C=O) groups is 1. The van der Waals surface area contributed by atoms with Crippen molar-refractivity contribution >= 4 is 22.4 Å². The fourth-order valence-corrected chi connectivity index (χ4v) is 2.44. The van der Waals surface area contributed by atoms with Crippen LogP contribution in [-0.2, 0) is 0 Å². The number of anilines is 1. The predicted octanol–water partition coefficient (Wildman–Crippen LogP) is 2.58. The Morgan fingerprint density at radius 2 is 1.95 bits per heavy atom. The third kappa shape index (κ3) is 2.68. The Morgan fingerprint density at radius 1 is 1.32 bits per heavy atom. The highest BCUT2D eigenvalue weighted by atomic mass is 32.1. The van der Waals surface area contributed by atoms with Gasteiger partial charge in [0.05, 0.1) is 12.8 Å². The lowest BCUT2D eigenvalue weighted by atomic mass is 10.1. The van der Waals surface area contributed by atoms with Crippen molar-refractivity contribution in [2.75, 3.05) is 26.1 Å². The van der Waals surface area contributed by atoms with Crippen molar-refractivity contribution in [2.24, 2.45) is 0 Å². The van der Waals surface area contributed by atoms with E-state index in [4.69, 9.17) is 4.74 Å². The molecule has 1 aromatic carbocycles. The third-order valence-corrected chi connectivity index (χ3v) is 3.77. The fourth-order valence-electron chi connectivity index (χ4n) is 1.59. The highest BCUT2D eigenvalue weighted by molar-refractivity contribution is 7.17. The minimum Gasteiger partial charge on any atom is -0.497 e. The molecule has 19 heavy (non-hydrogen) atoms. The van der Waals surface area contributed by atoms with Crippen molar-refractivity contribution in [3.05, 3.63) is 29.1 Å². The molecule has 1 heterocycles. The van der Waals surface area contributed by atoms with E-state index < -0.39 is 5.97 Å². The normalized spacial score (nSPS) is 10.3. The predicted molar refractivity (Wildman–Crippen MR) is 75.4 cm³/mol. The summed E-state index contributed by atoms with van der Waals surface area (Å²) in [6.07, 6.45) is 0. The zero-order valence-electron chi connectivity index (χ0n) is 10.9. The lowest BCUT2D eigenvalue weighted by Gasteiger charge is -2.05. The Bertz CT molecular complexity index is 590. The molecule has 1 N–H and O–H groups in total. The van der Waals surface area contributed by atoms with Crippen LogP contribution < -0.4 is 9.64 Å². The van der Waals surface area contributed by atoms with E-state index in [9.17, 15) is 9.90 Å². The van der Waals surface area contributed by atoms with Gasteiger partial charge in [0.2, 0.25) is 0 Å². The molecule has 6 heteroatoms. The number of nitrogens with zero attached hydrogens (tertiary/aromatic N) is 2. The summed E-state index contributed by atoms with van der Waals surface area (Å²) < 4.78 is 5.08. The molecule has 0 unspecified atom stereocenters. The molecular formula is C13H14N2O3S. The van der Waals surface area contributed by atoms with Crippen LogP contribution in [0.1, 0.15) is 9.67 Å². The van der Waals surface area contributed by atoms with Gasteiger partial charge in [-0.2, -0.15) is 0 Å². The summed E-state index contributed by atoms with van der Waals surface area (Å²) in [7, 11) is 5.26. The molecule has 0 fully saturated rings. The van der Waals surface area contributed by atoms with E-state index in [-0.39, 0.29) is 4.88 Å². The summed E-state index contributed by atoms with van der Waals surface area (Å²) in [4.78, 5) is 17.7. The third-order valence-electron chi connectivity index (χ3n) is 2.56. The van der Waals surface area contributed by atoms with Crippen LogP contribution in [-0.4, -0.2) is 37.3 Å². The van der Waals surface area contributed by atoms with Gasteiger partial charge in [0.25, 0.3) is 0 Å². The van der Waals surface area contributed by atoms with E-state index in [0.29, 0.717) is 10.8 Å². The minimum atomic E-state index is -0.962. The van der Waals surface area contributed by atoms with Crippen LogP contribution >= 0.6 is 11.3 Å².